The monoisotopic (exact) mass is 234 g/mol. The average Bonchev–Trinajstić information content (AvgIpc) is 2.70. The Kier molecular flexibility index (Phi) is 3.89. The van der Waals surface area contributed by atoms with Crippen LogP contribution in [0, 0.1) is 11.3 Å². The number of nitrogens with zero attached hydrogens (tertiary/aromatic N) is 3. The molecule has 1 aromatic heterocycles. The van der Waals surface area contributed by atoms with Gasteiger partial charge >= 0.3 is 0 Å². The number of nitrogens with one attached hydrogen (secondary N) is 1. The van der Waals surface area contributed by atoms with Gasteiger partial charge in [0.1, 0.15) is 5.54 Å². The van der Waals surface area contributed by atoms with Crippen LogP contribution >= 0.6 is 0 Å². The molecule has 0 saturated heterocycles. The Hall–Kier alpha value is -1.83. The third-order valence-corrected chi connectivity index (χ3v) is 2.83. The van der Waals surface area contributed by atoms with Gasteiger partial charge < -0.3 is 5.32 Å². The number of rotatable bonds is 4. The number of hydrogen-bond donors (Lipinski definition) is 1. The third kappa shape index (κ3) is 2.84. The summed E-state index contributed by atoms with van der Waals surface area (Å²) in [6, 6.07) is 2.11. The first-order valence-corrected chi connectivity index (χ1v) is 5.72. The second-order valence-corrected chi connectivity index (χ2v) is 4.27. The van der Waals surface area contributed by atoms with Gasteiger partial charge in [0.25, 0.3) is 5.91 Å². The lowest BCUT2D eigenvalue weighted by Crippen LogP contribution is -2.44. The zero-order chi connectivity index (χ0) is 13.1. The lowest BCUT2D eigenvalue weighted by Gasteiger charge is -2.20. The Morgan fingerprint density at radius 1 is 1.65 bits per heavy atom. The van der Waals surface area contributed by atoms with Gasteiger partial charge in [0.15, 0.2) is 0 Å². The Morgan fingerprint density at radius 2 is 2.29 bits per heavy atom. The number of carbonyl (C=O) groups excluding carboxylic acids is 1. The van der Waals surface area contributed by atoms with Gasteiger partial charge in [-0.05, 0) is 19.8 Å². The Labute approximate surface area is 101 Å². The lowest BCUT2D eigenvalue weighted by atomic mass is 10.0. The van der Waals surface area contributed by atoms with E-state index in [0.717, 1.165) is 5.69 Å². The van der Waals surface area contributed by atoms with Crippen LogP contribution in [0.25, 0.3) is 0 Å². The molecule has 17 heavy (non-hydrogen) atoms. The van der Waals surface area contributed by atoms with E-state index in [1.807, 2.05) is 13.8 Å². The van der Waals surface area contributed by atoms with Crippen LogP contribution in [0.3, 0.4) is 0 Å². The van der Waals surface area contributed by atoms with Crippen LogP contribution < -0.4 is 5.32 Å². The first-order chi connectivity index (χ1) is 7.95. The van der Waals surface area contributed by atoms with Crippen molar-refractivity contribution in [1.82, 2.24) is 15.1 Å². The fraction of sp³-hybridized carbons (Fsp3) is 0.583. The van der Waals surface area contributed by atoms with Crippen LogP contribution in [0.2, 0.25) is 0 Å². The van der Waals surface area contributed by atoms with Gasteiger partial charge in [-0.2, -0.15) is 10.4 Å². The highest BCUT2D eigenvalue weighted by molar-refractivity contribution is 5.95. The van der Waals surface area contributed by atoms with Crippen molar-refractivity contribution in [1.29, 1.82) is 5.26 Å². The molecule has 0 saturated carbocycles. The summed E-state index contributed by atoms with van der Waals surface area (Å²) in [5, 5.41) is 16.0. The topological polar surface area (TPSA) is 70.7 Å². The van der Waals surface area contributed by atoms with E-state index in [2.05, 4.69) is 16.5 Å². The molecule has 1 rings (SSSR count). The van der Waals surface area contributed by atoms with Crippen molar-refractivity contribution in [3.05, 3.63) is 17.5 Å². The maximum absolute atomic E-state index is 12.1. The van der Waals surface area contributed by atoms with Crippen molar-refractivity contribution >= 4 is 5.91 Å². The standard InChI is InChI=1S/C12H18N4O/c1-5-10-9(7-16(4)15-10)11(17)14-12(3,6-2)8-13/h7H,5-6H2,1-4H3,(H,14,17). The molecule has 0 spiro atoms. The van der Waals surface area contributed by atoms with Crippen LogP contribution in [0.15, 0.2) is 6.20 Å². The van der Waals surface area contributed by atoms with Gasteiger partial charge in [-0.3, -0.25) is 9.48 Å². The van der Waals surface area contributed by atoms with E-state index in [1.54, 1.807) is 24.9 Å². The molecule has 1 aromatic rings. The van der Waals surface area contributed by atoms with Crippen molar-refractivity contribution in [2.75, 3.05) is 0 Å². The van der Waals surface area contributed by atoms with Crippen LogP contribution in [0.5, 0.6) is 0 Å². The van der Waals surface area contributed by atoms with Crippen molar-refractivity contribution < 1.29 is 4.79 Å². The van der Waals surface area contributed by atoms with Crippen LogP contribution in [0.4, 0.5) is 0 Å². The first-order valence-electron chi connectivity index (χ1n) is 5.72. The van der Waals surface area contributed by atoms with Crippen LogP contribution in [-0.2, 0) is 13.5 Å². The molecule has 0 bridgehead atoms. The summed E-state index contributed by atoms with van der Waals surface area (Å²) < 4.78 is 1.61. The quantitative estimate of drug-likeness (QED) is 0.856. The SMILES string of the molecule is CCc1nn(C)cc1C(=O)NC(C)(C#N)CC. The maximum Gasteiger partial charge on any atom is 0.255 e. The molecular weight excluding hydrogens is 216 g/mol. The largest absolute Gasteiger partial charge is 0.334 e. The molecule has 0 radical (unpaired) electrons. The van der Waals surface area contributed by atoms with E-state index < -0.39 is 5.54 Å². The van der Waals surface area contributed by atoms with Crippen molar-refractivity contribution in [3.8, 4) is 6.07 Å². The normalized spacial score (nSPS) is 13.8. The summed E-state index contributed by atoms with van der Waals surface area (Å²) in [6.07, 6.45) is 2.94. The molecule has 1 unspecified atom stereocenters. The van der Waals surface area contributed by atoms with E-state index in [9.17, 15) is 4.79 Å². The number of carbonyl (C=O) groups is 1. The minimum Gasteiger partial charge on any atom is -0.334 e. The second-order valence-electron chi connectivity index (χ2n) is 4.27. The molecule has 0 aliphatic rings. The zero-order valence-electron chi connectivity index (χ0n) is 10.7. The van der Waals surface area contributed by atoms with Gasteiger partial charge in [0.05, 0.1) is 17.3 Å². The number of aromatic nitrogens is 2. The van der Waals surface area contributed by atoms with Crippen LogP contribution in [-0.4, -0.2) is 21.2 Å². The molecule has 1 N–H and O–H groups in total. The summed E-state index contributed by atoms with van der Waals surface area (Å²) in [4.78, 5) is 12.1. The summed E-state index contributed by atoms with van der Waals surface area (Å²) in [7, 11) is 1.78. The molecule has 0 aliphatic heterocycles. The molecule has 5 heteroatoms. The predicted molar refractivity (Wildman–Crippen MR) is 64.4 cm³/mol. The van der Waals surface area contributed by atoms with Crippen LogP contribution in [0.1, 0.15) is 43.2 Å². The van der Waals surface area contributed by atoms with Crippen molar-refractivity contribution in [3.63, 3.8) is 0 Å². The molecule has 1 amide bonds. The summed E-state index contributed by atoms with van der Waals surface area (Å²) >= 11 is 0. The highest BCUT2D eigenvalue weighted by atomic mass is 16.1. The summed E-state index contributed by atoms with van der Waals surface area (Å²) in [6.45, 7) is 5.53. The van der Waals surface area contributed by atoms with Gasteiger partial charge in [0.2, 0.25) is 0 Å². The highest BCUT2D eigenvalue weighted by Crippen LogP contribution is 2.12. The Bertz CT molecular complexity index is 458. The fourth-order valence-corrected chi connectivity index (χ4v) is 1.50. The smallest absolute Gasteiger partial charge is 0.255 e. The van der Waals surface area contributed by atoms with Crippen molar-refractivity contribution in [2.45, 2.75) is 39.2 Å². The van der Waals surface area contributed by atoms with Gasteiger partial charge in [-0.25, -0.2) is 0 Å². The zero-order valence-corrected chi connectivity index (χ0v) is 10.7. The van der Waals surface area contributed by atoms with E-state index in [1.165, 1.54) is 0 Å². The number of hydrogen-bond acceptors (Lipinski definition) is 3. The van der Waals surface area contributed by atoms with Gasteiger partial charge in [-0.1, -0.05) is 13.8 Å². The first kappa shape index (κ1) is 13.2. The molecule has 1 atom stereocenters. The molecular formula is C12H18N4O. The minimum absolute atomic E-state index is 0.235. The van der Waals surface area contributed by atoms with Crippen molar-refractivity contribution in [2.24, 2.45) is 7.05 Å². The molecule has 0 aromatic carbocycles. The fourth-order valence-electron chi connectivity index (χ4n) is 1.50. The number of nitriles is 1. The second kappa shape index (κ2) is 5.00. The highest BCUT2D eigenvalue weighted by Gasteiger charge is 2.26. The van der Waals surface area contributed by atoms with E-state index in [-0.39, 0.29) is 5.91 Å². The summed E-state index contributed by atoms with van der Waals surface area (Å²) in [5.41, 5.74) is 0.476. The predicted octanol–water partition coefficient (Wildman–Crippen LogP) is 1.40. The third-order valence-electron chi connectivity index (χ3n) is 2.83. The molecule has 1 heterocycles. The molecule has 0 fully saturated rings. The maximum atomic E-state index is 12.1. The van der Waals surface area contributed by atoms with E-state index >= 15 is 0 Å². The Morgan fingerprint density at radius 3 is 2.76 bits per heavy atom. The minimum atomic E-state index is -0.821. The Balaban J connectivity index is 2.94. The molecule has 92 valence electrons. The summed E-state index contributed by atoms with van der Waals surface area (Å²) in [5.74, 6) is -0.235. The number of amides is 1. The molecule has 5 nitrogen and oxygen atoms in total. The average molecular weight is 234 g/mol. The van der Waals surface area contributed by atoms with E-state index in [4.69, 9.17) is 5.26 Å². The lowest BCUT2D eigenvalue weighted by molar-refractivity contribution is 0.0922. The van der Waals surface area contributed by atoms with Gasteiger partial charge in [-0.15, -0.1) is 0 Å². The number of aryl methyl sites for hydroxylation is 2. The van der Waals surface area contributed by atoms with E-state index in [0.29, 0.717) is 18.4 Å². The molecule has 0 aliphatic carbocycles. The van der Waals surface area contributed by atoms with Gasteiger partial charge in [0, 0.05) is 13.2 Å².